The number of aliphatic carboxylic acids is 1. The van der Waals surface area contributed by atoms with E-state index in [1.165, 1.54) is 4.90 Å². The Kier molecular flexibility index (Phi) is 13.7. The molecule has 0 fully saturated rings. The third-order valence-electron chi connectivity index (χ3n) is 5.78. The highest BCUT2D eigenvalue weighted by molar-refractivity contribution is 5.72. The Bertz CT molecular complexity index is 1090. The van der Waals surface area contributed by atoms with Crippen molar-refractivity contribution < 1.29 is 60.0 Å². The van der Waals surface area contributed by atoms with Crippen molar-refractivity contribution in [3.05, 3.63) is 54.1 Å². The summed E-state index contributed by atoms with van der Waals surface area (Å²) < 4.78 is 94.1. The topological polar surface area (TPSA) is 94.5 Å². The molecule has 14 heteroatoms. The van der Waals surface area contributed by atoms with Crippen LogP contribution in [0, 0.1) is 0 Å². The lowest BCUT2D eigenvalue weighted by Crippen LogP contribution is -2.37. The first-order chi connectivity index (χ1) is 19.8. The quantitative estimate of drug-likeness (QED) is 0.152. The molecular formula is C28H33F6NO7. The zero-order valence-corrected chi connectivity index (χ0v) is 22.9. The SMILES string of the molecule is CCOC(Cc1ccc(OCCN(CCCCCCC(F)(F)F)C(=O)Oc2ccc(OC(F)(F)F)cc2)cc1)C(=O)O. The first kappa shape index (κ1) is 34.5. The minimum Gasteiger partial charge on any atom is -0.492 e. The lowest BCUT2D eigenvalue weighted by atomic mass is 10.1. The van der Waals surface area contributed by atoms with Gasteiger partial charge >= 0.3 is 24.6 Å². The summed E-state index contributed by atoms with van der Waals surface area (Å²) in [6.45, 7) is 2.17. The van der Waals surface area contributed by atoms with Gasteiger partial charge in [-0.05, 0) is 61.7 Å². The molecule has 1 unspecified atom stereocenters. The molecule has 0 saturated heterocycles. The number of unbranched alkanes of at least 4 members (excludes halogenated alkanes) is 3. The van der Waals surface area contributed by atoms with E-state index in [2.05, 4.69) is 4.74 Å². The highest BCUT2D eigenvalue weighted by Crippen LogP contribution is 2.25. The molecule has 1 atom stereocenters. The summed E-state index contributed by atoms with van der Waals surface area (Å²) in [6, 6.07) is 10.9. The monoisotopic (exact) mass is 609 g/mol. The van der Waals surface area contributed by atoms with Crippen LogP contribution in [0.15, 0.2) is 48.5 Å². The van der Waals surface area contributed by atoms with Gasteiger partial charge < -0.3 is 29.0 Å². The number of hydrogen-bond acceptors (Lipinski definition) is 6. The van der Waals surface area contributed by atoms with Gasteiger partial charge in [0, 0.05) is 26.0 Å². The van der Waals surface area contributed by atoms with Crippen molar-refractivity contribution in [2.45, 2.75) is 64.1 Å². The van der Waals surface area contributed by atoms with Gasteiger partial charge in [0.05, 0.1) is 6.54 Å². The Balaban J connectivity index is 1.94. The number of amides is 1. The lowest BCUT2D eigenvalue weighted by molar-refractivity contribution is -0.274. The minimum atomic E-state index is -4.88. The van der Waals surface area contributed by atoms with Gasteiger partial charge in [-0.2, -0.15) is 13.2 Å². The number of alkyl halides is 6. The van der Waals surface area contributed by atoms with Gasteiger partial charge in [0.15, 0.2) is 6.10 Å². The molecule has 0 radical (unpaired) electrons. The summed E-state index contributed by atoms with van der Waals surface area (Å²) in [6.07, 6.45) is -10.5. The maximum absolute atomic E-state index is 12.8. The molecule has 2 aromatic carbocycles. The molecule has 0 heterocycles. The average Bonchev–Trinajstić information content (AvgIpc) is 2.89. The molecule has 0 aromatic heterocycles. The number of rotatable bonds is 17. The van der Waals surface area contributed by atoms with E-state index in [0.717, 1.165) is 24.3 Å². The molecule has 0 aliphatic carbocycles. The molecule has 8 nitrogen and oxygen atoms in total. The first-order valence-electron chi connectivity index (χ1n) is 13.2. The van der Waals surface area contributed by atoms with Gasteiger partial charge in [-0.15, -0.1) is 13.2 Å². The van der Waals surface area contributed by atoms with E-state index in [9.17, 15) is 41.0 Å². The molecule has 0 aliphatic rings. The van der Waals surface area contributed by atoms with Crippen molar-refractivity contribution in [3.63, 3.8) is 0 Å². The smallest absolute Gasteiger partial charge is 0.492 e. The fraction of sp³-hybridized carbons (Fsp3) is 0.500. The zero-order valence-electron chi connectivity index (χ0n) is 22.9. The van der Waals surface area contributed by atoms with Gasteiger partial charge in [0.2, 0.25) is 0 Å². The summed E-state index contributed by atoms with van der Waals surface area (Å²) in [5, 5.41) is 9.23. The minimum absolute atomic E-state index is 0.0254. The standard InChI is InChI=1S/C28H33F6NO7/c1-2-39-24(25(36)37)19-20-7-9-21(10-8-20)40-18-17-35(16-6-4-3-5-15-27(29,30)31)26(38)41-22-11-13-23(14-12-22)42-28(32,33)34/h7-14,24H,2-6,15-19H2,1H3,(H,36,37). The normalized spacial score (nSPS) is 12.5. The Morgan fingerprint density at radius 3 is 2.00 bits per heavy atom. The van der Waals surface area contributed by atoms with Gasteiger partial charge in [0.25, 0.3) is 0 Å². The number of carbonyl (C=O) groups excluding carboxylic acids is 1. The van der Waals surface area contributed by atoms with Crippen molar-refractivity contribution in [3.8, 4) is 17.2 Å². The lowest BCUT2D eigenvalue weighted by Gasteiger charge is -2.22. The second-order valence-corrected chi connectivity index (χ2v) is 9.13. The van der Waals surface area contributed by atoms with E-state index in [1.807, 2.05) is 0 Å². The van der Waals surface area contributed by atoms with Crippen LogP contribution in [0.3, 0.4) is 0 Å². The van der Waals surface area contributed by atoms with E-state index in [-0.39, 0.29) is 44.9 Å². The molecule has 0 saturated carbocycles. The van der Waals surface area contributed by atoms with Gasteiger partial charge in [-0.1, -0.05) is 25.0 Å². The third-order valence-corrected chi connectivity index (χ3v) is 5.78. The zero-order chi connectivity index (χ0) is 31.2. The average molecular weight is 610 g/mol. The molecule has 0 aliphatic heterocycles. The van der Waals surface area contributed by atoms with Crippen LogP contribution in [0.2, 0.25) is 0 Å². The fourth-order valence-corrected chi connectivity index (χ4v) is 3.78. The predicted molar refractivity (Wildman–Crippen MR) is 139 cm³/mol. The van der Waals surface area contributed by atoms with Gasteiger partial charge in [-0.3, -0.25) is 0 Å². The number of carboxylic acid groups (broad SMARTS) is 1. The van der Waals surface area contributed by atoms with Crippen LogP contribution in [0.1, 0.15) is 44.6 Å². The summed E-state index contributed by atoms with van der Waals surface area (Å²) >= 11 is 0. The summed E-state index contributed by atoms with van der Waals surface area (Å²) in [7, 11) is 0. The number of halogens is 6. The highest BCUT2D eigenvalue weighted by atomic mass is 19.4. The van der Waals surface area contributed by atoms with Crippen molar-refractivity contribution in [1.82, 2.24) is 4.90 Å². The highest BCUT2D eigenvalue weighted by Gasteiger charge is 2.31. The molecule has 0 bridgehead atoms. The van der Waals surface area contributed by atoms with Crippen LogP contribution >= 0.6 is 0 Å². The molecule has 0 spiro atoms. The van der Waals surface area contributed by atoms with E-state index < -0.39 is 42.9 Å². The molecule has 2 rings (SSSR count). The summed E-state index contributed by atoms with van der Waals surface area (Å²) in [5.41, 5.74) is 0.713. The number of ether oxygens (including phenoxy) is 4. The van der Waals surface area contributed by atoms with Crippen molar-refractivity contribution in [2.75, 3.05) is 26.3 Å². The maximum Gasteiger partial charge on any atom is 0.573 e. The van der Waals surface area contributed by atoms with Gasteiger partial charge in [-0.25, -0.2) is 9.59 Å². The predicted octanol–water partition coefficient (Wildman–Crippen LogP) is 7.01. The second kappa shape index (κ2) is 16.7. The number of benzene rings is 2. The molecule has 42 heavy (non-hydrogen) atoms. The van der Waals surface area contributed by atoms with Crippen LogP contribution in [0.4, 0.5) is 31.1 Å². The fourth-order valence-electron chi connectivity index (χ4n) is 3.78. The van der Waals surface area contributed by atoms with Crippen molar-refractivity contribution in [1.29, 1.82) is 0 Å². The summed E-state index contributed by atoms with van der Waals surface area (Å²) in [5.74, 6) is -1.15. The van der Waals surface area contributed by atoms with E-state index in [1.54, 1.807) is 31.2 Å². The summed E-state index contributed by atoms with van der Waals surface area (Å²) in [4.78, 5) is 25.4. The first-order valence-corrected chi connectivity index (χ1v) is 13.2. The molecule has 1 N–H and O–H groups in total. The Morgan fingerprint density at radius 1 is 0.833 bits per heavy atom. The van der Waals surface area contributed by atoms with E-state index in [0.29, 0.717) is 30.6 Å². The number of carbonyl (C=O) groups is 2. The third kappa shape index (κ3) is 14.3. The van der Waals surface area contributed by atoms with Crippen LogP contribution in [0.25, 0.3) is 0 Å². The Morgan fingerprint density at radius 2 is 1.43 bits per heavy atom. The molecule has 2 aromatic rings. The molecular weight excluding hydrogens is 576 g/mol. The van der Waals surface area contributed by atoms with E-state index >= 15 is 0 Å². The maximum atomic E-state index is 12.8. The number of nitrogens with zero attached hydrogens (tertiary/aromatic N) is 1. The van der Waals surface area contributed by atoms with Crippen LogP contribution in [-0.4, -0.2) is 67.0 Å². The Hall–Kier alpha value is -3.68. The van der Waals surface area contributed by atoms with Gasteiger partial charge in [0.1, 0.15) is 23.9 Å². The van der Waals surface area contributed by atoms with Crippen molar-refractivity contribution >= 4 is 12.1 Å². The van der Waals surface area contributed by atoms with Crippen LogP contribution in [-0.2, 0) is 16.0 Å². The largest absolute Gasteiger partial charge is 0.573 e. The molecule has 234 valence electrons. The second-order valence-electron chi connectivity index (χ2n) is 9.13. The number of hydrogen-bond donors (Lipinski definition) is 1. The van der Waals surface area contributed by atoms with E-state index in [4.69, 9.17) is 14.2 Å². The van der Waals surface area contributed by atoms with Crippen LogP contribution < -0.4 is 14.2 Å². The Labute approximate surface area is 239 Å². The van der Waals surface area contributed by atoms with Crippen LogP contribution in [0.5, 0.6) is 17.2 Å². The van der Waals surface area contributed by atoms with Crippen molar-refractivity contribution in [2.24, 2.45) is 0 Å². The molecule has 1 amide bonds. The number of carboxylic acids is 1.